The Morgan fingerprint density at radius 1 is 0.839 bits per heavy atom. The van der Waals surface area contributed by atoms with Crippen LogP contribution in [0.15, 0.2) is 84.9 Å². The van der Waals surface area contributed by atoms with Crippen molar-refractivity contribution in [1.82, 2.24) is 0 Å². The van der Waals surface area contributed by atoms with Gasteiger partial charge in [-0.1, -0.05) is 48.5 Å². The normalized spacial score (nSPS) is 12.7. The van der Waals surface area contributed by atoms with Crippen molar-refractivity contribution < 1.29 is 14.3 Å². The molecule has 0 saturated carbocycles. The average molecular weight is 410 g/mol. The number of nitrogens with one attached hydrogen (secondary N) is 2. The Kier molecular flexibility index (Phi) is 4.92. The third-order valence-electron chi connectivity index (χ3n) is 5.50. The Morgan fingerprint density at radius 2 is 1.48 bits per heavy atom. The van der Waals surface area contributed by atoms with Gasteiger partial charge in [0.05, 0.1) is 12.7 Å². The third kappa shape index (κ3) is 3.78. The van der Waals surface area contributed by atoms with Crippen LogP contribution in [-0.4, -0.2) is 13.1 Å². The second-order valence-electron chi connectivity index (χ2n) is 7.48. The molecule has 1 aliphatic heterocycles. The van der Waals surface area contributed by atoms with Crippen LogP contribution in [0.5, 0.6) is 5.75 Å². The van der Waals surface area contributed by atoms with Gasteiger partial charge in [-0.3, -0.25) is 0 Å². The van der Waals surface area contributed by atoms with Crippen LogP contribution in [0.3, 0.4) is 0 Å². The monoisotopic (exact) mass is 410 g/mol. The first kappa shape index (κ1) is 19.0. The molecule has 1 heterocycles. The van der Waals surface area contributed by atoms with Gasteiger partial charge < -0.3 is 20.1 Å². The highest BCUT2D eigenvalue weighted by Crippen LogP contribution is 2.38. The van der Waals surface area contributed by atoms with Crippen molar-refractivity contribution in [2.45, 2.75) is 12.8 Å². The molecule has 0 aromatic heterocycles. The van der Waals surface area contributed by atoms with Gasteiger partial charge >= 0.3 is 5.97 Å². The molecule has 0 radical (unpaired) electrons. The number of hydrogen-bond donors (Lipinski definition) is 2. The van der Waals surface area contributed by atoms with Crippen molar-refractivity contribution in [1.29, 1.82) is 0 Å². The quantitative estimate of drug-likeness (QED) is 0.411. The predicted molar refractivity (Wildman–Crippen MR) is 122 cm³/mol. The van der Waals surface area contributed by atoms with Crippen LogP contribution in [-0.2, 0) is 11.3 Å². The van der Waals surface area contributed by atoms with Crippen LogP contribution in [0.25, 0.3) is 10.8 Å². The number of benzene rings is 4. The van der Waals surface area contributed by atoms with Gasteiger partial charge in [0.15, 0.2) is 0 Å². The minimum atomic E-state index is -0.341. The lowest BCUT2D eigenvalue weighted by molar-refractivity contribution is 0.0600. The lowest BCUT2D eigenvalue weighted by Crippen LogP contribution is -2.23. The molecule has 0 amide bonds. The highest BCUT2D eigenvalue weighted by molar-refractivity contribution is 6.04. The summed E-state index contributed by atoms with van der Waals surface area (Å²) in [7, 11) is 1.38. The highest BCUT2D eigenvalue weighted by Gasteiger charge is 2.20. The van der Waals surface area contributed by atoms with E-state index in [4.69, 9.17) is 9.47 Å². The maximum Gasteiger partial charge on any atom is 0.337 e. The van der Waals surface area contributed by atoms with E-state index in [2.05, 4.69) is 59.2 Å². The zero-order valence-corrected chi connectivity index (χ0v) is 17.1. The number of esters is 1. The topological polar surface area (TPSA) is 59.6 Å². The lowest BCUT2D eigenvalue weighted by Gasteiger charge is -2.29. The Bertz CT molecular complexity index is 1190. The summed E-state index contributed by atoms with van der Waals surface area (Å²) in [6, 6.07) is 27.9. The van der Waals surface area contributed by atoms with Crippen molar-refractivity contribution in [2.24, 2.45) is 0 Å². The molecule has 5 nitrogen and oxygen atoms in total. The first-order chi connectivity index (χ1) is 15.2. The van der Waals surface area contributed by atoms with Crippen molar-refractivity contribution >= 4 is 28.1 Å². The molecule has 4 aromatic rings. The van der Waals surface area contributed by atoms with Crippen LogP contribution >= 0.6 is 0 Å². The molecule has 154 valence electrons. The molecule has 0 unspecified atom stereocenters. The van der Waals surface area contributed by atoms with Crippen LogP contribution in [0, 0.1) is 0 Å². The smallest absolute Gasteiger partial charge is 0.337 e. The average Bonchev–Trinajstić information content (AvgIpc) is 2.83. The Balaban J connectivity index is 1.26. The Labute approximate surface area is 180 Å². The zero-order chi connectivity index (χ0) is 21.2. The maximum atomic E-state index is 11.5. The standard InChI is InChI=1S/C26H22N2O3/c1-30-26(29)20-10-8-17(9-11-20)16-31-21-14-12-19(13-15-21)25-27-22-6-2-4-18-5-3-7-23(28-25)24(18)22/h2-15,25,27-28H,16H2,1H3. The minimum Gasteiger partial charge on any atom is -0.489 e. The van der Waals surface area contributed by atoms with Crippen LogP contribution < -0.4 is 15.4 Å². The van der Waals surface area contributed by atoms with Gasteiger partial charge in [0, 0.05) is 16.8 Å². The molecule has 5 heteroatoms. The van der Waals surface area contributed by atoms with Gasteiger partial charge in [-0.15, -0.1) is 0 Å². The molecule has 0 fully saturated rings. The van der Waals surface area contributed by atoms with E-state index in [1.54, 1.807) is 12.1 Å². The van der Waals surface area contributed by atoms with Crippen LogP contribution in [0.2, 0.25) is 0 Å². The summed E-state index contributed by atoms with van der Waals surface area (Å²) in [6.45, 7) is 0.427. The highest BCUT2D eigenvalue weighted by atomic mass is 16.5. The molecule has 0 aliphatic carbocycles. The van der Waals surface area contributed by atoms with Crippen molar-refractivity contribution in [2.75, 3.05) is 17.7 Å². The van der Waals surface area contributed by atoms with E-state index in [0.717, 1.165) is 28.3 Å². The lowest BCUT2D eigenvalue weighted by atomic mass is 10.0. The zero-order valence-electron chi connectivity index (χ0n) is 17.1. The van der Waals surface area contributed by atoms with E-state index in [0.29, 0.717) is 12.2 Å². The molecular weight excluding hydrogens is 388 g/mol. The molecule has 0 spiro atoms. The Morgan fingerprint density at radius 3 is 2.10 bits per heavy atom. The molecule has 31 heavy (non-hydrogen) atoms. The van der Waals surface area contributed by atoms with E-state index in [1.807, 2.05) is 24.3 Å². The molecule has 0 atom stereocenters. The van der Waals surface area contributed by atoms with Crippen LogP contribution in [0.4, 0.5) is 11.4 Å². The summed E-state index contributed by atoms with van der Waals surface area (Å²) >= 11 is 0. The maximum absolute atomic E-state index is 11.5. The summed E-state index contributed by atoms with van der Waals surface area (Å²) < 4.78 is 10.6. The SMILES string of the molecule is COC(=O)c1ccc(COc2ccc(C3Nc4cccc5cccc(c45)N3)cc2)cc1. The number of methoxy groups -OCH3 is 1. The first-order valence-electron chi connectivity index (χ1n) is 10.2. The molecular formula is C26H22N2O3. The number of rotatable bonds is 5. The molecule has 2 N–H and O–H groups in total. The number of anilines is 2. The Hall–Kier alpha value is -3.99. The third-order valence-corrected chi connectivity index (χ3v) is 5.50. The number of carbonyl (C=O) groups excluding carboxylic acids is 1. The second-order valence-corrected chi connectivity index (χ2v) is 7.48. The number of hydrogen-bond acceptors (Lipinski definition) is 5. The molecule has 0 saturated heterocycles. The van der Waals surface area contributed by atoms with Gasteiger partial charge in [-0.05, 0) is 52.9 Å². The molecule has 5 rings (SSSR count). The fourth-order valence-electron chi connectivity index (χ4n) is 3.87. The van der Waals surface area contributed by atoms with E-state index in [9.17, 15) is 4.79 Å². The van der Waals surface area contributed by atoms with Crippen molar-refractivity contribution in [3.05, 3.63) is 102 Å². The molecule has 1 aliphatic rings. The van der Waals surface area contributed by atoms with Gasteiger partial charge in [-0.2, -0.15) is 0 Å². The van der Waals surface area contributed by atoms with Gasteiger partial charge in [0.1, 0.15) is 18.5 Å². The second kappa shape index (κ2) is 8.03. The van der Waals surface area contributed by atoms with Gasteiger partial charge in [0.2, 0.25) is 0 Å². The number of carbonyl (C=O) groups is 1. The fraction of sp³-hybridized carbons (Fsp3) is 0.115. The summed E-state index contributed by atoms with van der Waals surface area (Å²) in [5.41, 5.74) is 4.90. The molecule has 4 aromatic carbocycles. The van der Waals surface area contributed by atoms with Crippen LogP contribution in [0.1, 0.15) is 27.7 Å². The summed E-state index contributed by atoms with van der Waals surface area (Å²) in [4.78, 5) is 11.5. The predicted octanol–water partition coefficient (Wildman–Crippen LogP) is 5.74. The van der Waals surface area contributed by atoms with E-state index in [-0.39, 0.29) is 12.1 Å². The van der Waals surface area contributed by atoms with E-state index in [1.165, 1.54) is 17.9 Å². The van der Waals surface area contributed by atoms with Gasteiger partial charge in [0.25, 0.3) is 0 Å². The molecule has 0 bridgehead atoms. The summed E-state index contributed by atoms with van der Waals surface area (Å²) in [5, 5.41) is 9.61. The summed E-state index contributed by atoms with van der Waals surface area (Å²) in [5.74, 6) is 0.450. The van der Waals surface area contributed by atoms with E-state index < -0.39 is 0 Å². The summed E-state index contributed by atoms with van der Waals surface area (Å²) in [6.07, 6.45) is -0.0135. The minimum absolute atomic E-state index is 0.0135. The van der Waals surface area contributed by atoms with E-state index >= 15 is 0 Å². The van der Waals surface area contributed by atoms with Gasteiger partial charge in [-0.25, -0.2) is 4.79 Å². The van der Waals surface area contributed by atoms with Crippen molar-refractivity contribution in [3.63, 3.8) is 0 Å². The fourth-order valence-corrected chi connectivity index (χ4v) is 3.87. The first-order valence-corrected chi connectivity index (χ1v) is 10.2. The largest absolute Gasteiger partial charge is 0.489 e. The number of ether oxygens (including phenoxy) is 2. The van der Waals surface area contributed by atoms with Crippen molar-refractivity contribution in [3.8, 4) is 5.75 Å².